The molecular formula is C20H18ClN5O3. The van der Waals surface area contributed by atoms with Gasteiger partial charge in [-0.3, -0.25) is 14.9 Å². The molecule has 1 aliphatic rings. The molecule has 1 amide bonds. The highest BCUT2D eigenvalue weighted by Crippen LogP contribution is 2.33. The maximum absolute atomic E-state index is 12.7. The second-order valence-corrected chi connectivity index (χ2v) is 7.32. The van der Waals surface area contributed by atoms with Gasteiger partial charge >= 0.3 is 0 Å². The fourth-order valence-corrected chi connectivity index (χ4v) is 3.84. The lowest BCUT2D eigenvalue weighted by Gasteiger charge is -2.40. The molecular weight excluding hydrogens is 394 g/mol. The van der Waals surface area contributed by atoms with Crippen molar-refractivity contribution in [1.82, 2.24) is 15.1 Å². The van der Waals surface area contributed by atoms with Gasteiger partial charge in [-0.25, -0.2) is 0 Å². The van der Waals surface area contributed by atoms with Crippen LogP contribution in [0.25, 0.3) is 10.8 Å². The van der Waals surface area contributed by atoms with E-state index in [9.17, 15) is 14.9 Å². The molecule has 0 radical (unpaired) electrons. The van der Waals surface area contributed by atoms with E-state index in [0.717, 1.165) is 0 Å². The van der Waals surface area contributed by atoms with Crippen LogP contribution in [0, 0.1) is 10.1 Å². The molecule has 1 fully saturated rings. The molecule has 1 atom stereocenters. The number of non-ortho nitro benzene ring substituents is 1. The van der Waals surface area contributed by atoms with Crippen LogP contribution in [0.1, 0.15) is 17.3 Å². The Morgan fingerprint density at radius 3 is 2.59 bits per heavy atom. The van der Waals surface area contributed by atoms with E-state index in [0.29, 0.717) is 41.8 Å². The molecule has 1 aliphatic heterocycles. The van der Waals surface area contributed by atoms with Crippen LogP contribution in [0.3, 0.4) is 0 Å². The third-order valence-corrected chi connectivity index (χ3v) is 5.40. The van der Waals surface area contributed by atoms with E-state index in [4.69, 9.17) is 11.6 Å². The number of amides is 1. The van der Waals surface area contributed by atoms with Gasteiger partial charge in [0.05, 0.1) is 4.92 Å². The topological polar surface area (TPSA) is 92.5 Å². The number of carbonyl (C=O) groups excluding carboxylic acids is 1. The Balaban J connectivity index is 1.62. The normalized spacial score (nSPS) is 16.8. The lowest BCUT2D eigenvalue weighted by atomic mass is 10.1. The summed E-state index contributed by atoms with van der Waals surface area (Å²) in [7, 11) is 0. The van der Waals surface area contributed by atoms with Crippen LogP contribution in [0.15, 0.2) is 48.5 Å². The molecule has 1 aromatic heterocycles. The first-order valence-corrected chi connectivity index (χ1v) is 9.55. The number of benzene rings is 2. The molecule has 0 spiro atoms. The smallest absolute Gasteiger partial charge is 0.270 e. The molecule has 29 heavy (non-hydrogen) atoms. The van der Waals surface area contributed by atoms with Gasteiger partial charge in [0.1, 0.15) is 0 Å². The molecule has 1 unspecified atom stereocenters. The van der Waals surface area contributed by atoms with Crippen LogP contribution < -0.4 is 4.90 Å². The summed E-state index contributed by atoms with van der Waals surface area (Å²) in [5.74, 6) is 0.610. The predicted octanol–water partition coefficient (Wildman–Crippen LogP) is 3.54. The summed E-state index contributed by atoms with van der Waals surface area (Å²) >= 11 is 6.15. The van der Waals surface area contributed by atoms with Crippen LogP contribution in [-0.4, -0.2) is 51.6 Å². The van der Waals surface area contributed by atoms with Crippen LogP contribution in [0.2, 0.25) is 5.15 Å². The summed E-state index contributed by atoms with van der Waals surface area (Å²) in [6, 6.07) is 13.7. The third-order valence-electron chi connectivity index (χ3n) is 5.12. The highest BCUT2D eigenvalue weighted by atomic mass is 35.5. The zero-order valence-electron chi connectivity index (χ0n) is 15.7. The number of nitro groups is 1. The Morgan fingerprint density at radius 2 is 1.90 bits per heavy atom. The van der Waals surface area contributed by atoms with E-state index in [1.54, 1.807) is 6.07 Å². The lowest BCUT2D eigenvalue weighted by molar-refractivity contribution is -0.384. The summed E-state index contributed by atoms with van der Waals surface area (Å²) in [6.45, 7) is 3.66. The number of carbonyl (C=O) groups is 1. The third kappa shape index (κ3) is 3.58. The summed E-state index contributed by atoms with van der Waals surface area (Å²) in [6.07, 6.45) is 0. The second-order valence-electron chi connectivity index (χ2n) is 6.96. The number of nitrogens with zero attached hydrogens (tertiary/aromatic N) is 5. The van der Waals surface area contributed by atoms with E-state index in [-0.39, 0.29) is 22.8 Å². The minimum absolute atomic E-state index is 0.000210. The number of aromatic nitrogens is 2. The van der Waals surface area contributed by atoms with Gasteiger partial charge in [0.25, 0.3) is 11.6 Å². The molecule has 0 aliphatic carbocycles. The molecule has 3 aromatic rings. The van der Waals surface area contributed by atoms with Crippen LogP contribution in [0.5, 0.6) is 0 Å². The van der Waals surface area contributed by atoms with Gasteiger partial charge in [0.15, 0.2) is 11.0 Å². The number of halogens is 1. The minimum Gasteiger partial charge on any atom is -0.348 e. The fraction of sp³-hybridized carbons (Fsp3) is 0.250. The largest absolute Gasteiger partial charge is 0.348 e. The molecule has 9 heteroatoms. The maximum atomic E-state index is 12.7. The molecule has 0 N–H and O–H groups in total. The Labute approximate surface area is 171 Å². The van der Waals surface area contributed by atoms with Crippen molar-refractivity contribution in [1.29, 1.82) is 0 Å². The van der Waals surface area contributed by atoms with E-state index in [2.05, 4.69) is 15.1 Å². The molecule has 8 nitrogen and oxygen atoms in total. The van der Waals surface area contributed by atoms with Crippen molar-refractivity contribution < 1.29 is 9.72 Å². The zero-order chi connectivity index (χ0) is 20.5. The number of rotatable bonds is 3. The van der Waals surface area contributed by atoms with Gasteiger partial charge in [0, 0.05) is 54.1 Å². The van der Waals surface area contributed by atoms with Crippen LogP contribution >= 0.6 is 11.6 Å². The summed E-state index contributed by atoms with van der Waals surface area (Å²) < 4.78 is 0. The van der Waals surface area contributed by atoms with Crippen LogP contribution in [0.4, 0.5) is 11.5 Å². The van der Waals surface area contributed by atoms with Crippen molar-refractivity contribution in [3.8, 4) is 0 Å². The highest BCUT2D eigenvalue weighted by molar-refractivity contribution is 6.34. The Kier molecular flexibility index (Phi) is 5.02. The highest BCUT2D eigenvalue weighted by Gasteiger charge is 2.29. The number of piperazine rings is 1. The summed E-state index contributed by atoms with van der Waals surface area (Å²) in [4.78, 5) is 27.3. The van der Waals surface area contributed by atoms with E-state index in [1.807, 2.05) is 42.2 Å². The first-order chi connectivity index (χ1) is 14.0. The summed E-state index contributed by atoms with van der Waals surface area (Å²) in [5.41, 5.74) is 0.613. The molecule has 2 heterocycles. The maximum Gasteiger partial charge on any atom is 0.270 e. The number of nitro benzene ring substituents is 1. The SMILES string of the molecule is CC1CN(C(=O)c2ccccc2)CCN1c1nnc(Cl)c2cc([N+](=O)[O-])ccc12. The number of fused-ring (bicyclic) bond motifs is 1. The average Bonchev–Trinajstić information content (AvgIpc) is 2.74. The van der Waals surface area contributed by atoms with Gasteiger partial charge in [-0.1, -0.05) is 29.8 Å². The summed E-state index contributed by atoms with van der Waals surface area (Å²) in [5, 5.41) is 20.6. The van der Waals surface area contributed by atoms with Crippen molar-refractivity contribution in [3.63, 3.8) is 0 Å². The van der Waals surface area contributed by atoms with Gasteiger partial charge in [0.2, 0.25) is 0 Å². The standard InChI is InChI=1S/C20H18ClN5O3/c1-13-12-24(20(27)14-5-3-2-4-6-14)9-10-25(13)19-16-8-7-15(26(28)29)11-17(16)18(21)22-23-19/h2-8,11,13H,9-10,12H2,1H3. The zero-order valence-corrected chi connectivity index (χ0v) is 16.4. The van der Waals surface area contributed by atoms with Crippen molar-refractivity contribution in [2.45, 2.75) is 13.0 Å². The Hall–Kier alpha value is -3.26. The first-order valence-electron chi connectivity index (χ1n) is 9.17. The first kappa shape index (κ1) is 19.1. The molecule has 2 aromatic carbocycles. The fourth-order valence-electron chi connectivity index (χ4n) is 3.64. The van der Waals surface area contributed by atoms with Crippen molar-refractivity contribution >= 4 is 39.8 Å². The van der Waals surface area contributed by atoms with Crippen molar-refractivity contribution in [2.24, 2.45) is 0 Å². The molecule has 0 saturated carbocycles. The number of hydrogen-bond acceptors (Lipinski definition) is 6. The monoisotopic (exact) mass is 411 g/mol. The quantitative estimate of drug-likeness (QED) is 0.483. The number of hydrogen-bond donors (Lipinski definition) is 0. The second kappa shape index (κ2) is 7.63. The van der Waals surface area contributed by atoms with Gasteiger partial charge in [-0.15, -0.1) is 10.2 Å². The molecule has 148 valence electrons. The van der Waals surface area contributed by atoms with Crippen molar-refractivity contribution in [3.05, 3.63) is 69.4 Å². The minimum atomic E-state index is -0.466. The molecule has 1 saturated heterocycles. The van der Waals surface area contributed by atoms with E-state index < -0.39 is 4.92 Å². The van der Waals surface area contributed by atoms with Gasteiger partial charge < -0.3 is 9.80 Å². The lowest BCUT2D eigenvalue weighted by Crippen LogP contribution is -2.54. The van der Waals surface area contributed by atoms with Crippen LogP contribution in [-0.2, 0) is 0 Å². The van der Waals surface area contributed by atoms with Gasteiger partial charge in [-0.2, -0.15) is 0 Å². The predicted molar refractivity (Wildman–Crippen MR) is 110 cm³/mol. The Bertz CT molecular complexity index is 1090. The number of anilines is 1. The Morgan fingerprint density at radius 1 is 1.14 bits per heavy atom. The van der Waals surface area contributed by atoms with E-state index in [1.165, 1.54) is 12.1 Å². The van der Waals surface area contributed by atoms with Crippen molar-refractivity contribution in [2.75, 3.05) is 24.5 Å². The molecule has 4 rings (SSSR count). The van der Waals surface area contributed by atoms with Gasteiger partial charge in [-0.05, 0) is 25.1 Å². The average molecular weight is 412 g/mol. The molecule has 0 bridgehead atoms. The van der Waals surface area contributed by atoms with E-state index >= 15 is 0 Å².